The summed E-state index contributed by atoms with van der Waals surface area (Å²) in [6.45, 7) is 6.54. The van der Waals surface area contributed by atoms with Gasteiger partial charge in [-0.05, 0) is 33.3 Å². The molecule has 1 amide bonds. The van der Waals surface area contributed by atoms with Crippen molar-refractivity contribution in [3.8, 4) is 0 Å². The Morgan fingerprint density at radius 3 is 1.97 bits per heavy atom. The Morgan fingerprint density at radius 1 is 0.875 bits per heavy atom. The molecule has 0 bridgehead atoms. The van der Waals surface area contributed by atoms with Crippen LogP contribution in [0, 0.1) is 0 Å². The van der Waals surface area contributed by atoms with Crippen LogP contribution >= 0.6 is 0 Å². The number of carbonyl (C=O) groups excluding carboxylic acids is 3. The molecule has 0 saturated carbocycles. The van der Waals surface area contributed by atoms with Crippen molar-refractivity contribution in [2.75, 3.05) is 13.7 Å². The van der Waals surface area contributed by atoms with Crippen molar-refractivity contribution < 1.29 is 28.6 Å². The molecule has 7 nitrogen and oxygen atoms in total. The highest BCUT2D eigenvalue weighted by Crippen LogP contribution is 2.20. The quantitative estimate of drug-likeness (QED) is 0.468. The van der Waals surface area contributed by atoms with Gasteiger partial charge in [0.1, 0.15) is 11.6 Å². The summed E-state index contributed by atoms with van der Waals surface area (Å²) in [6, 6.07) is 16.7. The highest BCUT2D eigenvalue weighted by molar-refractivity contribution is 6.03. The number of ether oxygens (including phenoxy) is 3. The van der Waals surface area contributed by atoms with Gasteiger partial charge in [-0.3, -0.25) is 4.79 Å². The summed E-state index contributed by atoms with van der Waals surface area (Å²) in [5.41, 5.74) is -1.11. The van der Waals surface area contributed by atoms with Crippen LogP contribution in [0.1, 0.15) is 43.6 Å². The molecule has 7 heteroatoms. The first kappa shape index (κ1) is 25.1. The lowest BCUT2D eigenvalue weighted by Gasteiger charge is -2.30. The molecule has 2 rings (SSSR count). The fourth-order valence-corrected chi connectivity index (χ4v) is 3.10. The normalized spacial score (nSPS) is 14.0. The number of esters is 1. The van der Waals surface area contributed by atoms with E-state index in [9.17, 15) is 14.4 Å². The van der Waals surface area contributed by atoms with Crippen molar-refractivity contribution in [2.24, 2.45) is 0 Å². The Labute approximate surface area is 189 Å². The molecule has 0 aromatic heterocycles. The van der Waals surface area contributed by atoms with Crippen LogP contribution in [0.4, 0.5) is 4.79 Å². The number of benzene rings is 2. The Morgan fingerprint density at radius 2 is 1.44 bits per heavy atom. The first-order chi connectivity index (χ1) is 15.0. The molecule has 2 aromatic rings. The molecule has 0 fully saturated rings. The molecule has 0 aliphatic heterocycles. The molecule has 1 N–H and O–H groups in total. The van der Waals surface area contributed by atoms with Gasteiger partial charge in [0.15, 0.2) is 5.60 Å². The van der Waals surface area contributed by atoms with Crippen molar-refractivity contribution in [3.05, 3.63) is 71.8 Å². The molecular formula is C25H31NO6. The maximum Gasteiger partial charge on any atom is 0.408 e. The zero-order valence-electron chi connectivity index (χ0n) is 19.2. The Balaban J connectivity index is 2.26. The van der Waals surface area contributed by atoms with Gasteiger partial charge >= 0.3 is 12.1 Å². The van der Waals surface area contributed by atoms with E-state index in [1.54, 1.807) is 51.1 Å². The predicted octanol–water partition coefficient (Wildman–Crippen LogP) is 3.95. The minimum Gasteiger partial charge on any atom is -0.447 e. The number of alkyl carbamates (subject to hydrolysis) is 1. The van der Waals surface area contributed by atoms with Crippen LogP contribution in [-0.4, -0.2) is 48.8 Å². The molecule has 0 aliphatic rings. The number of hydrogen-bond acceptors (Lipinski definition) is 6. The largest absolute Gasteiger partial charge is 0.447 e. The van der Waals surface area contributed by atoms with E-state index in [1.165, 1.54) is 14.0 Å². The van der Waals surface area contributed by atoms with Crippen molar-refractivity contribution in [3.63, 3.8) is 0 Å². The van der Waals surface area contributed by atoms with E-state index >= 15 is 0 Å². The number of rotatable bonds is 9. The summed E-state index contributed by atoms with van der Waals surface area (Å²) in [5.74, 6) is -1.16. The second kappa shape index (κ2) is 10.9. The van der Waals surface area contributed by atoms with Gasteiger partial charge in [0.25, 0.3) is 0 Å². The lowest BCUT2D eigenvalue weighted by molar-refractivity contribution is -0.160. The van der Waals surface area contributed by atoms with Crippen molar-refractivity contribution in [1.82, 2.24) is 5.32 Å². The van der Waals surface area contributed by atoms with Crippen molar-refractivity contribution in [1.29, 1.82) is 0 Å². The molecular weight excluding hydrogens is 410 g/mol. The third-order valence-corrected chi connectivity index (χ3v) is 4.52. The highest BCUT2D eigenvalue weighted by Gasteiger charge is 2.40. The van der Waals surface area contributed by atoms with Gasteiger partial charge in [0, 0.05) is 19.1 Å². The average Bonchev–Trinajstić information content (AvgIpc) is 2.73. The number of ketones is 1. The van der Waals surface area contributed by atoms with Crippen LogP contribution in [0.2, 0.25) is 0 Å². The van der Waals surface area contributed by atoms with E-state index in [0.29, 0.717) is 5.56 Å². The molecule has 2 aromatic carbocycles. The Kier molecular flexibility index (Phi) is 8.55. The van der Waals surface area contributed by atoms with Crippen LogP contribution in [0.5, 0.6) is 0 Å². The van der Waals surface area contributed by atoms with Crippen LogP contribution in [0.3, 0.4) is 0 Å². The first-order valence-electron chi connectivity index (χ1n) is 10.4. The van der Waals surface area contributed by atoms with Gasteiger partial charge in [-0.2, -0.15) is 0 Å². The van der Waals surface area contributed by atoms with Crippen LogP contribution in [0.15, 0.2) is 60.7 Å². The van der Waals surface area contributed by atoms with E-state index in [1.807, 2.05) is 30.3 Å². The SMILES string of the molecule is COC[C@](C)(OC(=O)C(Cc1ccccc1)NC(=O)OC(C)(C)C)C(=O)c1ccccc1. The number of amides is 1. The third-order valence-electron chi connectivity index (χ3n) is 4.52. The standard InChI is InChI=1S/C25H31NO6/c1-24(2,3)32-23(29)26-20(16-18-12-8-6-9-13-18)22(28)31-25(4,17-30-5)21(27)19-14-10-7-11-15-19/h6-15,20H,16-17H2,1-5H3,(H,26,29)/t20?,25-/m0/s1. The molecule has 32 heavy (non-hydrogen) atoms. The topological polar surface area (TPSA) is 90.9 Å². The molecule has 0 radical (unpaired) electrons. The molecule has 0 spiro atoms. The second-order valence-corrected chi connectivity index (χ2v) is 8.67. The van der Waals surface area contributed by atoms with E-state index in [2.05, 4.69) is 5.32 Å². The van der Waals surface area contributed by atoms with Crippen LogP contribution in [-0.2, 0) is 25.4 Å². The molecule has 0 heterocycles. The van der Waals surface area contributed by atoms with Crippen molar-refractivity contribution >= 4 is 17.8 Å². The molecule has 172 valence electrons. The molecule has 0 saturated heterocycles. The minimum absolute atomic E-state index is 0.142. The summed E-state index contributed by atoms with van der Waals surface area (Å²) in [4.78, 5) is 38.7. The second-order valence-electron chi connectivity index (χ2n) is 8.67. The molecule has 1 unspecified atom stereocenters. The zero-order chi connectivity index (χ0) is 23.8. The highest BCUT2D eigenvalue weighted by atomic mass is 16.6. The summed E-state index contributed by atoms with van der Waals surface area (Å²) >= 11 is 0. The smallest absolute Gasteiger partial charge is 0.408 e. The fourth-order valence-electron chi connectivity index (χ4n) is 3.10. The number of carbonyl (C=O) groups is 3. The monoisotopic (exact) mass is 441 g/mol. The predicted molar refractivity (Wildman–Crippen MR) is 120 cm³/mol. The van der Waals surface area contributed by atoms with Gasteiger partial charge in [-0.1, -0.05) is 60.7 Å². The van der Waals surface area contributed by atoms with Crippen molar-refractivity contribution in [2.45, 2.75) is 51.4 Å². The van der Waals surface area contributed by atoms with E-state index < -0.39 is 35.1 Å². The van der Waals surface area contributed by atoms with E-state index in [-0.39, 0.29) is 13.0 Å². The number of methoxy groups -OCH3 is 1. The minimum atomic E-state index is -1.57. The lowest BCUT2D eigenvalue weighted by Crippen LogP contribution is -2.51. The van der Waals surface area contributed by atoms with Gasteiger partial charge in [-0.15, -0.1) is 0 Å². The maximum atomic E-state index is 13.2. The van der Waals surface area contributed by atoms with Crippen LogP contribution < -0.4 is 5.32 Å². The lowest BCUT2D eigenvalue weighted by atomic mass is 9.95. The van der Waals surface area contributed by atoms with Crippen LogP contribution in [0.25, 0.3) is 0 Å². The van der Waals surface area contributed by atoms with Gasteiger partial charge in [-0.25, -0.2) is 9.59 Å². The molecule has 0 aliphatic carbocycles. The number of hydrogen-bond donors (Lipinski definition) is 1. The number of Topliss-reactive ketones (excluding diaryl/α,β-unsaturated/α-hetero) is 1. The van der Waals surface area contributed by atoms with Gasteiger partial charge in [0.2, 0.25) is 5.78 Å². The van der Waals surface area contributed by atoms with E-state index in [4.69, 9.17) is 14.2 Å². The zero-order valence-corrected chi connectivity index (χ0v) is 19.2. The summed E-state index contributed by atoms with van der Waals surface area (Å²) in [5, 5.41) is 2.58. The fraction of sp³-hybridized carbons (Fsp3) is 0.400. The van der Waals surface area contributed by atoms with E-state index in [0.717, 1.165) is 5.56 Å². The average molecular weight is 442 g/mol. The maximum absolute atomic E-state index is 13.2. The summed E-state index contributed by atoms with van der Waals surface area (Å²) in [6.07, 6.45) is -0.583. The first-order valence-corrected chi connectivity index (χ1v) is 10.4. The van der Waals surface area contributed by atoms with Gasteiger partial charge < -0.3 is 19.5 Å². The van der Waals surface area contributed by atoms with Gasteiger partial charge in [0.05, 0.1) is 6.61 Å². The Hall–Kier alpha value is -3.19. The summed E-state index contributed by atoms with van der Waals surface area (Å²) < 4.78 is 16.2. The Bertz CT molecular complexity index is 907. The molecule has 2 atom stereocenters. The third kappa shape index (κ3) is 7.50. The number of nitrogens with one attached hydrogen (secondary N) is 1. The summed E-state index contributed by atoms with van der Waals surface area (Å²) in [7, 11) is 1.42.